The standard InChI is InChI=1S/C23H25N5O3/c1-30-18-8-5-16(6-9-18)7-10-22(29)28-11-12-31-21(15-28)20-4-2-3-19(27-20)17-13-25-23(24)26-14-17/h2-6,8-9,13-14,21H,7,10-12,15H2,1H3,(H2,24,25,26)/t21-/m0/s1. The number of amides is 1. The van der Waals surface area contributed by atoms with Crippen LogP contribution in [0, 0.1) is 0 Å². The average molecular weight is 419 g/mol. The van der Waals surface area contributed by atoms with E-state index >= 15 is 0 Å². The molecule has 8 heteroatoms. The van der Waals surface area contributed by atoms with Crippen molar-refractivity contribution in [3.8, 4) is 17.0 Å². The van der Waals surface area contributed by atoms with Crippen molar-refractivity contribution < 1.29 is 14.3 Å². The van der Waals surface area contributed by atoms with Gasteiger partial charge in [0, 0.05) is 30.9 Å². The topological polar surface area (TPSA) is 103 Å². The molecule has 0 spiro atoms. The van der Waals surface area contributed by atoms with Crippen LogP contribution < -0.4 is 10.5 Å². The Morgan fingerprint density at radius 2 is 1.97 bits per heavy atom. The summed E-state index contributed by atoms with van der Waals surface area (Å²) in [6.45, 7) is 1.55. The minimum atomic E-state index is -0.270. The molecule has 1 atom stereocenters. The number of benzene rings is 1. The maximum Gasteiger partial charge on any atom is 0.223 e. The second kappa shape index (κ2) is 9.53. The number of nitrogens with two attached hydrogens (primary N) is 1. The fourth-order valence-electron chi connectivity index (χ4n) is 3.52. The van der Waals surface area contributed by atoms with Gasteiger partial charge in [0.1, 0.15) is 11.9 Å². The van der Waals surface area contributed by atoms with Crippen molar-refractivity contribution in [1.82, 2.24) is 19.9 Å². The van der Waals surface area contributed by atoms with E-state index in [1.165, 1.54) is 0 Å². The molecule has 0 radical (unpaired) electrons. The zero-order chi connectivity index (χ0) is 21.6. The number of rotatable bonds is 6. The first-order valence-electron chi connectivity index (χ1n) is 10.2. The van der Waals surface area contributed by atoms with Gasteiger partial charge in [-0.1, -0.05) is 18.2 Å². The zero-order valence-electron chi connectivity index (χ0n) is 17.4. The van der Waals surface area contributed by atoms with E-state index in [-0.39, 0.29) is 18.0 Å². The van der Waals surface area contributed by atoms with E-state index in [0.717, 1.165) is 28.3 Å². The van der Waals surface area contributed by atoms with Crippen LogP contribution in [-0.2, 0) is 16.0 Å². The van der Waals surface area contributed by atoms with Crippen LogP contribution in [0.3, 0.4) is 0 Å². The predicted molar refractivity (Wildman–Crippen MR) is 116 cm³/mol. The summed E-state index contributed by atoms with van der Waals surface area (Å²) >= 11 is 0. The van der Waals surface area contributed by atoms with Gasteiger partial charge in [0.25, 0.3) is 0 Å². The maximum atomic E-state index is 12.8. The van der Waals surface area contributed by atoms with Gasteiger partial charge in [-0.05, 0) is 36.2 Å². The number of anilines is 1. The lowest BCUT2D eigenvalue weighted by atomic mass is 10.1. The van der Waals surface area contributed by atoms with Crippen LogP contribution in [0.1, 0.15) is 23.8 Å². The molecule has 0 unspecified atom stereocenters. The van der Waals surface area contributed by atoms with Crippen LogP contribution in [0.2, 0.25) is 0 Å². The highest BCUT2D eigenvalue weighted by atomic mass is 16.5. The highest BCUT2D eigenvalue weighted by molar-refractivity contribution is 5.76. The number of methoxy groups -OCH3 is 1. The first-order chi connectivity index (χ1) is 15.1. The van der Waals surface area contributed by atoms with E-state index in [1.54, 1.807) is 19.5 Å². The van der Waals surface area contributed by atoms with Crippen LogP contribution in [-0.4, -0.2) is 52.6 Å². The Morgan fingerprint density at radius 1 is 1.19 bits per heavy atom. The van der Waals surface area contributed by atoms with Gasteiger partial charge in [-0.3, -0.25) is 4.79 Å². The van der Waals surface area contributed by atoms with Crippen LogP contribution in [0.4, 0.5) is 5.95 Å². The number of pyridine rings is 1. The Bertz CT molecular complexity index is 1020. The van der Waals surface area contributed by atoms with Gasteiger partial charge < -0.3 is 20.1 Å². The van der Waals surface area contributed by atoms with E-state index in [4.69, 9.17) is 20.2 Å². The molecule has 1 saturated heterocycles. The number of hydrogen-bond acceptors (Lipinski definition) is 7. The summed E-state index contributed by atoms with van der Waals surface area (Å²) < 4.78 is 11.1. The molecular weight excluding hydrogens is 394 g/mol. The Hall–Kier alpha value is -3.52. The minimum Gasteiger partial charge on any atom is -0.497 e. The van der Waals surface area contributed by atoms with Crippen molar-refractivity contribution >= 4 is 11.9 Å². The molecule has 1 aliphatic rings. The molecule has 8 nitrogen and oxygen atoms in total. The largest absolute Gasteiger partial charge is 0.497 e. The van der Waals surface area contributed by atoms with Crippen LogP contribution in [0.5, 0.6) is 5.75 Å². The Kier molecular flexibility index (Phi) is 6.37. The Balaban J connectivity index is 1.39. The first kappa shape index (κ1) is 20.7. The highest BCUT2D eigenvalue weighted by Gasteiger charge is 2.26. The summed E-state index contributed by atoms with van der Waals surface area (Å²) in [7, 11) is 1.64. The molecule has 0 aliphatic carbocycles. The number of carbonyl (C=O) groups excluding carboxylic acids is 1. The number of aryl methyl sites for hydroxylation is 1. The molecule has 3 heterocycles. The van der Waals surface area contributed by atoms with Gasteiger partial charge in [0.05, 0.1) is 31.6 Å². The van der Waals surface area contributed by atoms with Gasteiger partial charge in [-0.2, -0.15) is 0 Å². The van der Waals surface area contributed by atoms with Crippen molar-refractivity contribution in [1.29, 1.82) is 0 Å². The third-order valence-electron chi connectivity index (χ3n) is 5.27. The van der Waals surface area contributed by atoms with Crippen molar-refractivity contribution in [2.24, 2.45) is 0 Å². The molecule has 2 aromatic heterocycles. The minimum absolute atomic E-state index is 0.118. The molecule has 2 N–H and O–H groups in total. The lowest BCUT2D eigenvalue weighted by Gasteiger charge is -2.33. The first-order valence-corrected chi connectivity index (χ1v) is 10.2. The molecule has 3 aromatic rings. The second-order valence-corrected chi connectivity index (χ2v) is 7.32. The molecular formula is C23H25N5O3. The Labute approximate surface area is 181 Å². The number of carbonyl (C=O) groups is 1. The van der Waals surface area contributed by atoms with Crippen LogP contribution in [0.25, 0.3) is 11.3 Å². The fourth-order valence-corrected chi connectivity index (χ4v) is 3.52. The lowest BCUT2D eigenvalue weighted by molar-refractivity contribution is -0.139. The van der Waals surface area contributed by atoms with Crippen molar-refractivity contribution in [2.45, 2.75) is 18.9 Å². The van der Waals surface area contributed by atoms with E-state index in [9.17, 15) is 4.79 Å². The highest BCUT2D eigenvalue weighted by Crippen LogP contribution is 2.24. The molecule has 1 aromatic carbocycles. The monoisotopic (exact) mass is 419 g/mol. The summed E-state index contributed by atoms with van der Waals surface area (Å²) in [5.41, 5.74) is 8.97. The summed E-state index contributed by atoms with van der Waals surface area (Å²) in [5, 5.41) is 0. The summed E-state index contributed by atoms with van der Waals surface area (Å²) in [4.78, 5) is 27.4. The van der Waals surface area contributed by atoms with E-state index < -0.39 is 0 Å². The third kappa shape index (κ3) is 5.16. The molecule has 0 saturated carbocycles. The number of hydrogen-bond donors (Lipinski definition) is 1. The Morgan fingerprint density at radius 3 is 2.71 bits per heavy atom. The molecule has 1 amide bonds. The number of nitrogen functional groups attached to an aromatic ring is 1. The number of ether oxygens (including phenoxy) is 2. The molecule has 0 bridgehead atoms. The number of nitrogens with zero attached hydrogens (tertiary/aromatic N) is 4. The van der Waals surface area contributed by atoms with Crippen molar-refractivity contribution in [3.05, 3.63) is 66.1 Å². The normalized spacial score (nSPS) is 16.2. The predicted octanol–water partition coefficient (Wildman–Crippen LogP) is 2.66. The van der Waals surface area contributed by atoms with Gasteiger partial charge in [0.15, 0.2) is 0 Å². The molecule has 4 rings (SSSR count). The molecule has 160 valence electrons. The smallest absolute Gasteiger partial charge is 0.223 e. The maximum absolute atomic E-state index is 12.8. The number of morpholine rings is 1. The SMILES string of the molecule is COc1ccc(CCC(=O)N2CCO[C@H](c3cccc(-c4cnc(N)nc4)n3)C2)cc1. The van der Waals surface area contributed by atoms with Gasteiger partial charge in [-0.15, -0.1) is 0 Å². The van der Waals surface area contributed by atoms with Gasteiger partial charge >= 0.3 is 0 Å². The molecule has 1 aliphatic heterocycles. The van der Waals surface area contributed by atoms with Gasteiger partial charge in [-0.25, -0.2) is 15.0 Å². The summed E-state index contributed by atoms with van der Waals surface area (Å²) in [5.74, 6) is 1.15. The zero-order valence-corrected chi connectivity index (χ0v) is 17.4. The second-order valence-electron chi connectivity index (χ2n) is 7.32. The quantitative estimate of drug-likeness (QED) is 0.655. The average Bonchev–Trinajstić information content (AvgIpc) is 2.83. The molecule has 1 fully saturated rings. The molecule has 31 heavy (non-hydrogen) atoms. The van der Waals surface area contributed by atoms with E-state index in [1.807, 2.05) is 47.4 Å². The van der Waals surface area contributed by atoms with E-state index in [0.29, 0.717) is 32.5 Å². The number of aromatic nitrogens is 3. The van der Waals surface area contributed by atoms with Crippen molar-refractivity contribution in [2.75, 3.05) is 32.5 Å². The van der Waals surface area contributed by atoms with Gasteiger partial charge in [0.2, 0.25) is 11.9 Å². The summed E-state index contributed by atoms with van der Waals surface area (Å²) in [6, 6.07) is 13.5. The third-order valence-corrected chi connectivity index (χ3v) is 5.27. The van der Waals surface area contributed by atoms with E-state index in [2.05, 4.69) is 9.97 Å². The van der Waals surface area contributed by atoms with Crippen LogP contribution >= 0.6 is 0 Å². The van der Waals surface area contributed by atoms with Crippen molar-refractivity contribution in [3.63, 3.8) is 0 Å². The summed E-state index contributed by atoms with van der Waals surface area (Å²) in [6.07, 6.45) is 4.16. The van der Waals surface area contributed by atoms with Crippen LogP contribution in [0.15, 0.2) is 54.9 Å². The lowest BCUT2D eigenvalue weighted by Crippen LogP contribution is -2.42. The fraction of sp³-hybridized carbons (Fsp3) is 0.304.